The molecule has 0 saturated heterocycles. The maximum atomic E-state index is 10.8. The van der Waals surface area contributed by atoms with Crippen LogP contribution < -0.4 is 4.74 Å². The van der Waals surface area contributed by atoms with Crippen LogP contribution in [0, 0.1) is 12.8 Å². The van der Waals surface area contributed by atoms with Crippen molar-refractivity contribution in [3.63, 3.8) is 0 Å². The standard InChI is InChI=1S/C30H37N3O4/c1-22(2)20-35-21-25(34)17-33(18-27-11-8-16-36-27)19-28-29(24-9-6-5-7-10-24)31-32(4)30(28)37-26-14-12-23(3)13-15-26/h5-16,22,25,34H,17-21H2,1-4H3/t25-/m0/s1. The number of nitrogens with zero attached hydrogens (tertiary/aromatic N) is 3. The van der Waals surface area contributed by atoms with Crippen LogP contribution in [0.5, 0.6) is 11.6 Å². The van der Waals surface area contributed by atoms with Crippen LogP contribution in [0.4, 0.5) is 0 Å². The molecule has 0 spiro atoms. The Balaban J connectivity index is 1.65. The van der Waals surface area contributed by atoms with E-state index in [0.29, 0.717) is 38.0 Å². The monoisotopic (exact) mass is 503 g/mol. The fraction of sp³-hybridized carbons (Fsp3) is 0.367. The van der Waals surface area contributed by atoms with Gasteiger partial charge in [0, 0.05) is 32.3 Å². The van der Waals surface area contributed by atoms with Gasteiger partial charge in [-0.25, -0.2) is 4.68 Å². The lowest BCUT2D eigenvalue weighted by molar-refractivity contribution is 0.00453. The van der Waals surface area contributed by atoms with E-state index < -0.39 is 6.10 Å². The molecule has 2 heterocycles. The van der Waals surface area contributed by atoms with Gasteiger partial charge in [0.2, 0.25) is 5.88 Å². The van der Waals surface area contributed by atoms with Gasteiger partial charge < -0.3 is 19.0 Å². The van der Waals surface area contributed by atoms with Gasteiger partial charge in [-0.15, -0.1) is 0 Å². The van der Waals surface area contributed by atoms with Gasteiger partial charge in [0.05, 0.1) is 31.1 Å². The van der Waals surface area contributed by atoms with E-state index in [9.17, 15) is 5.11 Å². The lowest BCUT2D eigenvalue weighted by Crippen LogP contribution is -2.34. The van der Waals surface area contributed by atoms with E-state index in [1.165, 1.54) is 5.56 Å². The van der Waals surface area contributed by atoms with Crippen LogP contribution in [0.1, 0.15) is 30.7 Å². The number of furan rings is 1. The van der Waals surface area contributed by atoms with E-state index in [4.69, 9.17) is 19.0 Å². The molecule has 1 atom stereocenters. The molecule has 37 heavy (non-hydrogen) atoms. The number of aryl methyl sites for hydroxylation is 2. The van der Waals surface area contributed by atoms with Crippen LogP contribution >= 0.6 is 0 Å². The topological polar surface area (TPSA) is 72.9 Å². The van der Waals surface area contributed by atoms with Crippen LogP contribution in [-0.4, -0.2) is 45.6 Å². The van der Waals surface area contributed by atoms with E-state index in [2.05, 4.69) is 25.7 Å². The Morgan fingerprint density at radius 2 is 1.73 bits per heavy atom. The molecule has 0 aliphatic rings. The van der Waals surface area contributed by atoms with Gasteiger partial charge in [-0.1, -0.05) is 61.9 Å². The minimum Gasteiger partial charge on any atom is -0.468 e. The molecule has 7 nitrogen and oxygen atoms in total. The molecular formula is C30H37N3O4. The minimum absolute atomic E-state index is 0.276. The zero-order chi connectivity index (χ0) is 26.2. The summed E-state index contributed by atoms with van der Waals surface area (Å²) >= 11 is 0. The molecule has 0 aliphatic carbocycles. The molecule has 0 bridgehead atoms. The minimum atomic E-state index is -0.646. The van der Waals surface area contributed by atoms with Crippen LogP contribution in [0.15, 0.2) is 77.4 Å². The number of ether oxygens (including phenoxy) is 2. The summed E-state index contributed by atoms with van der Waals surface area (Å²) < 4.78 is 19.5. The number of benzene rings is 2. The molecule has 0 aliphatic heterocycles. The fourth-order valence-corrected chi connectivity index (χ4v) is 4.19. The van der Waals surface area contributed by atoms with E-state index in [-0.39, 0.29) is 6.61 Å². The van der Waals surface area contributed by atoms with Crippen LogP contribution in [0.25, 0.3) is 11.3 Å². The van der Waals surface area contributed by atoms with Crippen molar-refractivity contribution in [3.8, 4) is 22.9 Å². The molecule has 4 rings (SSSR count). The smallest absolute Gasteiger partial charge is 0.222 e. The highest BCUT2D eigenvalue weighted by molar-refractivity contribution is 5.65. The summed E-state index contributed by atoms with van der Waals surface area (Å²) in [7, 11) is 1.89. The van der Waals surface area contributed by atoms with Crippen LogP contribution in [0.3, 0.4) is 0 Å². The SMILES string of the molecule is Cc1ccc(Oc2c(CN(Cc3ccco3)C[C@H](O)COCC(C)C)c(-c3ccccc3)nn2C)cc1. The maximum Gasteiger partial charge on any atom is 0.222 e. The molecule has 2 aromatic carbocycles. The number of aromatic nitrogens is 2. The third-order valence-corrected chi connectivity index (χ3v) is 5.94. The van der Waals surface area contributed by atoms with Gasteiger partial charge in [0.25, 0.3) is 0 Å². The fourth-order valence-electron chi connectivity index (χ4n) is 4.19. The first-order valence-corrected chi connectivity index (χ1v) is 12.8. The summed E-state index contributed by atoms with van der Waals surface area (Å²) in [5.74, 6) is 2.64. The summed E-state index contributed by atoms with van der Waals surface area (Å²) in [6.45, 7) is 8.57. The maximum absolute atomic E-state index is 10.8. The Bertz CT molecular complexity index is 1220. The highest BCUT2D eigenvalue weighted by Gasteiger charge is 2.24. The molecule has 1 N–H and O–H groups in total. The molecule has 0 saturated carbocycles. The molecular weight excluding hydrogens is 466 g/mol. The van der Waals surface area contributed by atoms with Crippen molar-refractivity contribution >= 4 is 0 Å². The second-order valence-corrected chi connectivity index (χ2v) is 9.87. The molecule has 7 heteroatoms. The van der Waals surface area contributed by atoms with Gasteiger partial charge in [0.1, 0.15) is 17.2 Å². The Kier molecular flexibility index (Phi) is 9.17. The zero-order valence-corrected chi connectivity index (χ0v) is 22.1. The number of rotatable bonds is 13. The number of hydrogen-bond acceptors (Lipinski definition) is 6. The van der Waals surface area contributed by atoms with Crippen LogP contribution in [0.2, 0.25) is 0 Å². The largest absolute Gasteiger partial charge is 0.468 e. The van der Waals surface area contributed by atoms with Gasteiger partial charge in [0.15, 0.2) is 0 Å². The predicted molar refractivity (Wildman–Crippen MR) is 144 cm³/mol. The number of hydrogen-bond donors (Lipinski definition) is 1. The molecule has 0 amide bonds. The predicted octanol–water partition coefficient (Wildman–Crippen LogP) is 5.82. The normalized spacial score (nSPS) is 12.4. The highest BCUT2D eigenvalue weighted by Crippen LogP contribution is 2.34. The molecule has 196 valence electrons. The van der Waals surface area contributed by atoms with Crippen molar-refractivity contribution < 1.29 is 19.0 Å². The quantitative estimate of drug-likeness (QED) is 0.248. The molecule has 0 radical (unpaired) electrons. The lowest BCUT2D eigenvalue weighted by atomic mass is 10.1. The zero-order valence-electron chi connectivity index (χ0n) is 22.1. The molecule has 0 fully saturated rings. The van der Waals surface area contributed by atoms with E-state index in [1.807, 2.05) is 73.8 Å². The second-order valence-electron chi connectivity index (χ2n) is 9.87. The molecule has 0 unspecified atom stereocenters. The summed E-state index contributed by atoms with van der Waals surface area (Å²) in [4.78, 5) is 2.15. The van der Waals surface area contributed by atoms with E-state index >= 15 is 0 Å². The van der Waals surface area contributed by atoms with Crippen LogP contribution in [-0.2, 0) is 24.9 Å². The Labute approximate surface area is 219 Å². The average Bonchev–Trinajstić information content (AvgIpc) is 3.49. The number of aliphatic hydroxyl groups is 1. The first-order valence-electron chi connectivity index (χ1n) is 12.8. The third-order valence-electron chi connectivity index (χ3n) is 5.94. The van der Waals surface area contributed by atoms with Gasteiger partial charge >= 0.3 is 0 Å². The van der Waals surface area contributed by atoms with E-state index in [1.54, 1.807) is 10.9 Å². The van der Waals surface area contributed by atoms with Crippen molar-refractivity contribution in [1.29, 1.82) is 0 Å². The summed E-state index contributed by atoms with van der Waals surface area (Å²) in [5.41, 5.74) is 3.96. The first-order chi connectivity index (χ1) is 17.9. The summed E-state index contributed by atoms with van der Waals surface area (Å²) in [6, 6.07) is 21.9. The van der Waals surface area contributed by atoms with Gasteiger partial charge in [-0.05, 0) is 37.1 Å². The van der Waals surface area contributed by atoms with Crippen molar-refractivity contribution in [2.24, 2.45) is 13.0 Å². The highest BCUT2D eigenvalue weighted by atomic mass is 16.5. The Hall–Kier alpha value is -3.39. The number of aliphatic hydroxyl groups excluding tert-OH is 1. The van der Waals surface area contributed by atoms with Crippen molar-refractivity contribution in [2.45, 2.75) is 40.0 Å². The third kappa shape index (κ3) is 7.55. The van der Waals surface area contributed by atoms with Gasteiger partial charge in [-0.2, -0.15) is 5.10 Å². The Morgan fingerprint density at radius 1 is 0.973 bits per heavy atom. The summed E-state index contributed by atoms with van der Waals surface area (Å²) in [5, 5.41) is 15.7. The van der Waals surface area contributed by atoms with E-state index in [0.717, 1.165) is 28.3 Å². The van der Waals surface area contributed by atoms with Crippen molar-refractivity contribution in [3.05, 3.63) is 89.9 Å². The molecule has 2 aromatic heterocycles. The molecule has 4 aromatic rings. The summed E-state index contributed by atoms with van der Waals surface area (Å²) in [6.07, 6.45) is 1.02. The van der Waals surface area contributed by atoms with Crippen molar-refractivity contribution in [2.75, 3.05) is 19.8 Å². The lowest BCUT2D eigenvalue weighted by Gasteiger charge is -2.25. The second kappa shape index (κ2) is 12.7. The van der Waals surface area contributed by atoms with Gasteiger partial charge in [-0.3, -0.25) is 4.90 Å². The van der Waals surface area contributed by atoms with Crippen molar-refractivity contribution in [1.82, 2.24) is 14.7 Å². The first kappa shape index (κ1) is 26.7. The Morgan fingerprint density at radius 3 is 2.41 bits per heavy atom. The average molecular weight is 504 g/mol.